The van der Waals surface area contributed by atoms with Crippen LogP contribution in [-0.2, 0) is 0 Å². The molecule has 4 heteroatoms. The summed E-state index contributed by atoms with van der Waals surface area (Å²) < 4.78 is 0.999. The van der Waals surface area contributed by atoms with Crippen LogP contribution < -0.4 is 11.1 Å². The van der Waals surface area contributed by atoms with Gasteiger partial charge in [0.15, 0.2) is 0 Å². The average molecular weight is 272 g/mol. The maximum Gasteiger partial charge on any atom is 0.129 e. The van der Waals surface area contributed by atoms with Crippen molar-refractivity contribution in [2.24, 2.45) is 11.7 Å². The Hall–Kier alpha value is -0.610. The number of anilines is 1. The van der Waals surface area contributed by atoms with Gasteiger partial charge in [-0.1, -0.05) is 13.8 Å². The Balaban J connectivity index is 2.79. The maximum atomic E-state index is 5.70. The highest BCUT2D eigenvalue weighted by Crippen LogP contribution is 2.18. The van der Waals surface area contributed by atoms with E-state index >= 15 is 0 Å². The highest BCUT2D eigenvalue weighted by atomic mass is 79.9. The Bertz CT molecular complexity index is 326. The predicted octanol–water partition coefficient (Wildman–Crippen LogP) is 2.55. The van der Waals surface area contributed by atoms with Crippen molar-refractivity contribution in [1.29, 1.82) is 0 Å². The first kappa shape index (κ1) is 12.5. The second-order valence-electron chi connectivity index (χ2n) is 4.05. The van der Waals surface area contributed by atoms with Crippen molar-refractivity contribution < 1.29 is 0 Å². The molecular formula is C11H18BrN3. The Morgan fingerprint density at radius 2 is 2.20 bits per heavy atom. The largest absolute Gasteiger partial charge is 0.366 e. The van der Waals surface area contributed by atoms with Crippen LogP contribution in [0, 0.1) is 12.8 Å². The lowest BCUT2D eigenvalue weighted by atomic mass is 10.0. The smallest absolute Gasteiger partial charge is 0.129 e. The lowest BCUT2D eigenvalue weighted by Crippen LogP contribution is -2.34. The van der Waals surface area contributed by atoms with Crippen LogP contribution in [0.15, 0.2) is 16.7 Å². The van der Waals surface area contributed by atoms with E-state index in [9.17, 15) is 0 Å². The van der Waals surface area contributed by atoms with E-state index in [0.717, 1.165) is 15.9 Å². The molecule has 1 unspecified atom stereocenters. The summed E-state index contributed by atoms with van der Waals surface area (Å²) in [6.07, 6.45) is 1.79. The summed E-state index contributed by atoms with van der Waals surface area (Å²) in [5.74, 6) is 1.42. The van der Waals surface area contributed by atoms with E-state index in [4.69, 9.17) is 5.73 Å². The molecule has 84 valence electrons. The van der Waals surface area contributed by atoms with E-state index in [2.05, 4.69) is 40.1 Å². The average Bonchev–Trinajstić information content (AvgIpc) is 2.16. The van der Waals surface area contributed by atoms with Crippen LogP contribution in [0.2, 0.25) is 0 Å². The molecule has 0 radical (unpaired) electrons. The van der Waals surface area contributed by atoms with Gasteiger partial charge in [-0.05, 0) is 40.4 Å². The van der Waals surface area contributed by atoms with Crippen LogP contribution in [0.5, 0.6) is 0 Å². The van der Waals surface area contributed by atoms with Crippen LogP contribution >= 0.6 is 15.9 Å². The molecule has 0 bridgehead atoms. The number of nitrogens with two attached hydrogens (primary N) is 1. The molecule has 3 nitrogen and oxygen atoms in total. The van der Waals surface area contributed by atoms with Crippen molar-refractivity contribution >= 4 is 21.7 Å². The van der Waals surface area contributed by atoms with E-state index in [1.54, 1.807) is 6.20 Å². The minimum absolute atomic E-state index is 0.275. The van der Waals surface area contributed by atoms with Crippen LogP contribution in [0.4, 0.5) is 5.82 Å². The summed E-state index contributed by atoms with van der Waals surface area (Å²) in [4.78, 5) is 4.33. The van der Waals surface area contributed by atoms with Crippen molar-refractivity contribution in [3.05, 3.63) is 22.3 Å². The minimum atomic E-state index is 0.275. The third kappa shape index (κ3) is 3.47. The quantitative estimate of drug-likeness (QED) is 0.885. The molecule has 0 saturated carbocycles. The van der Waals surface area contributed by atoms with Crippen LogP contribution in [-0.4, -0.2) is 17.6 Å². The van der Waals surface area contributed by atoms with Gasteiger partial charge in [0, 0.05) is 23.3 Å². The highest BCUT2D eigenvalue weighted by molar-refractivity contribution is 9.10. The second-order valence-corrected chi connectivity index (χ2v) is 4.97. The Kier molecular flexibility index (Phi) is 4.54. The van der Waals surface area contributed by atoms with Gasteiger partial charge in [-0.3, -0.25) is 0 Å². The summed E-state index contributed by atoms with van der Waals surface area (Å²) in [5.41, 5.74) is 6.83. The minimum Gasteiger partial charge on any atom is -0.366 e. The molecule has 0 aliphatic carbocycles. The molecule has 1 atom stereocenters. The van der Waals surface area contributed by atoms with Crippen molar-refractivity contribution in [2.75, 3.05) is 11.9 Å². The third-order valence-corrected chi connectivity index (χ3v) is 2.86. The van der Waals surface area contributed by atoms with Gasteiger partial charge in [0.2, 0.25) is 0 Å². The molecular weight excluding hydrogens is 254 g/mol. The third-order valence-electron chi connectivity index (χ3n) is 2.43. The summed E-state index contributed by atoms with van der Waals surface area (Å²) in [6, 6.07) is 2.32. The topological polar surface area (TPSA) is 50.9 Å². The molecule has 0 aromatic carbocycles. The van der Waals surface area contributed by atoms with Crippen LogP contribution in [0.25, 0.3) is 0 Å². The number of nitrogens with one attached hydrogen (secondary N) is 1. The number of hydrogen-bond donors (Lipinski definition) is 2. The van der Waals surface area contributed by atoms with Gasteiger partial charge < -0.3 is 11.1 Å². The maximum absolute atomic E-state index is 5.70. The van der Waals surface area contributed by atoms with Crippen molar-refractivity contribution in [1.82, 2.24) is 4.98 Å². The van der Waals surface area contributed by atoms with Crippen LogP contribution in [0.3, 0.4) is 0 Å². The highest BCUT2D eigenvalue weighted by Gasteiger charge is 2.12. The summed E-state index contributed by atoms with van der Waals surface area (Å²) >= 11 is 3.39. The van der Waals surface area contributed by atoms with Gasteiger partial charge in [0.1, 0.15) is 5.82 Å². The second kappa shape index (κ2) is 5.47. The van der Waals surface area contributed by atoms with Gasteiger partial charge in [-0.15, -0.1) is 0 Å². The Labute approximate surface area is 99.6 Å². The standard InChI is InChI=1S/C11H18BrN3/c1-7(2)10(5-13)15-11-8(3)4-9(12)6-14-11/h4,6-7,10H,5,13H2,1-3H3,(H,14,15). The molecule has 1 rings (SSSR count). The number of rotatable bonds is 4. The molecule has 1 aromatic heterocycles. The molecule has 0 amide bonds. The summed E-state index contributed by atoms with van der Waals surface area (Å²) in [7, 11) is 0. The first-order chi connectivity index (χ1) is 7.04. The first-order valence-corrected chi connectivity index (χ1v) is 5.92. The van der Waals surface area contributed by atoms with Gasteiger partial charge in [-0.25, -0.2) is 4.98 Å². The lowest BCUT2D eigenvalue weighted by Gasteiger charge is -2.22. The molecule has 0 spiro atoms. The molecule has 1 aromatic rings. The number of nitrogens with zero attached hydrogens (tertiary/aromatic N) is 1. The Morgan fingerprint density at radius 1 is 1.53 bits per heavy atom. The zero-order chi connectivity index (χ0) is 11.4. The Morgan fingerprint density at radius 3 is 2.67 bits per heavy atom. The van der Waals surface area contributed by atoms with E-state index in [0.29, 0.717) is 12.5 Å². The molecule has 0 aliphatic rings. The molecule has 0 saturated heterocycles. The zero-order valence-electron chi connectivity index (χ0n) is 9.42. The van der Waals surface area contributed by atoms with Crippen molar-refractivity contribution in [2.45, 2.75) is 26.8 Å². The molecule has 1 heterocycles. The van der Waals surface area contributed by atoms with Gasteiger partial charge in [0.05, 0.1) is 0 Å². The fourth-order valence-corrected chi connectivity index (χ4v) is 1.81. The molecule has 15 heavy (non-hydrogen) atoms. The fraction of sp³-hybridized carbons (Fsp3) is 0.545. The monoisotopic (exact) mass is 271 g/mol. The van der Waals surface area contributed by atoms with Crippen molar-refractivity contribution in [3.8, 4) is 0 Å². The lowest BCUT2D eigenvalue weighted by molar-refractivity contribution is 0.530. The van der Waals surface area contributed by atoms with Gasteiger partial charge in [-0.2, -0.15) is 0 Å². The van der Waals surface area contributed by atoms with Gasteiger partial charge in [0.25, 0.3) is 0 Å². The SMILES string of the molecule is Cc1cc(Br)cnc1NC(CN)C(C)C. The zero-order valence-corrected chi connectivity index (χ0v) is 11.0. The number of pyridine rings is 1. The van der Waals surface area contributed by atoms with E-state index < -0.39 is 0 Å². The summed E-state index contributed by atoms with van der Waals surface area (Å²) in [5, 5.41) is 3.37. The number of hydrogen-bond acceptors (Lipinski definition) is 3. The van der Waals surface area contributed by atoms with E-state index in [1.165, 1.54) is 0 Å². The first-order valence-electron chi connectivity index (χ1n) is 5.13. The molecule has 0 aliphatic heterocycles. The predicted molar refractivity (Wildman–Crippen MR) is 68.0 cm³/mol. The number of aromatic nitrogens is 1. The van der Waals surface area contributed by atoms with Crippen LogP contribution in [0.1, 0.15) is 19.4 Å². The normalized spacial score (nSPS) is 12.9. The molecule has 0 fully saturated rings. The van der Waals surface area contributed by atoms with Gasteiger partial charge >= 0.3 is 0 Å². The van der Waals surface area contributed by atoms with E-state index in [1.807, 2.05) is 13.0 Å². The van der Waals surface area contributed by atoms with E-state index in [-0.39, 0.29) is 6.04 Å². The number of halogens is 1. The summed E-state index contributed by atoms with van der Waals surface area (Å²) in [6.45, 7) is 6.96. The number of aryl methyl sites for hydroxylation is 1. The fourth-order valence-electron chi connectivity index (χ4n) is 1.36. The van der Waals surface area contributed by atoms with Crippen molar-refractivity contribution in [3.63, 3.8) is 0 Å². The molecule has 3 N–H and O–H groups in total.